The van der Waals surface area contributed by atoms with E-state index in [9.17, 15) is 0 Å². The van der Waals surface area contributed by atoms with Gasteiger partial charge in [-0.05, 0) is 44.9 Å². The molecule has 2 aliphatic rings. The van der Waals surface area contributed by atoms with E-state index < -0.39 is 0 Å². The lowest BCUT2D eigenvalue weighted by atomic mass is 9.82. The minimum atomic E-state index is 0.737. The van der Waals surface area contributed by atoms with Gasteiger partial charge in [-0.3, -0.25) is 4.90 Å². The molecule has 0 spiro atoms. The van der Waals surface area contributed by atoms with Crippen LogP contribution >= 0.6 is 0 Å². The van der Waals surface area contributed by atoms with Crippen LogP contribution in [0.4, 0.5) is 0 Å². The van der Waals surface area contributed by atoms with Crippen molar-refractivity contribution in [1.82, 2.24) is 10.2 Å². The fraction of sp³-hybridized carbons (Fsp3) is 1.00. The molecule has 1 N–H and O–H groups in total. The number of hydrogen-bond donors (Lipinski definition) is 1. The van der Waals surface area contributed by atoms with Gasteiger partial charge in [0, 0.05) is 31.2 Å². The lowest BCUT2D eigenvalue weighted by molar-refractivity contribution is 0.0578. The van der Waals surface area contributed by atoms with Gasteiger partial charge in [0.05, 0.1) is 0 Å². The van der Waals surface area contributed by atoms with Crippen molar-refractivity contribution in [2.24, 2.45) is 5.92 Å². The Balaban J connectivity index is 1.82. The first kappa shape index (κ1) is 15.3. The maximum Gasteiger partial charge on any atom is 0.0196 e. The molecular weight excluding hydrogens is 232 g/mol. The molecule has 2 rings (SSSR count). The number of nitrogens with one attached hydrogen (secondary N) is 1. The summed E-state index contributed by atoms with van der Waals surface area (Å²) in [7, 11) is 0. The highest BCUT2D eigenvalue weighted by atomic mass is 15.2. The molecule has 1 aliphatic heterocycles. The van der Waals surface area contributed by atoms with Gasteiger partial charge >= 0.3 is 0 Å². The molecule has 19 heavy (non-hydrogen) atoms. The normalized spacial score (nSPS) is 37.4. The zero-order chi connectivity index (χ0) is 13.7. The molecule has 2 atom stereocenters. The topological polar surface area (TPSA) is 15.3 Å². The van der Waals surface area contributed by atoms with E-state index in [1.807, 2.05) is 0 Å². The first-order valence-electron chi connectivity index (χ1n) is 8.73. The monoisotopic (exact) mass is 266 g/mol. The second-order valence-electron chi connectivity index (χ2n) is 6.90. The second-order valence-corrected chi connectivity index (χ2v) is 6.90. The standard InChI is InChI=1S/C17H34N2/c1-4-6-15-8-10-17(11-9-15)19-13-16(7-5-2)18-12-14(19)3/h14-18H,4-13H2,1-3H3. The largest absolute Gasteiger partial charge is 0.311 e. The van der Waals surface area contributed by atoms with E-state index in [0.29, 0.717) is 0 Å². The maximum atomic E-state index is 3.73. The summed E-state index contributed by atoms with van der Waals surface area (Å²) in [5.74, 6) is 1.03. The van der Waals surface area contributed by atoms with E-state index in [1.165, 1.54) is 64.5 Å². The second kappa shape index (κ2) is 7.64. The Bertz CT molecular complexity index is 246. The Morgan fingerprint density at radius 2 is 1.68 bits per heavy atom. The van der Waals surface area contributed by atoms with Crippen LogP contribution in [0.2, 0.25) is 0 Å². The number of piperazine rings is 1. The van der Waals surface area contributed by atoms with E-state index >= 15 is 0 Å². The van der Waals surface area contributed by atoms with Crippen molar-refractivity contribution in [3.63, 3.8) is 0 Å². The molecule has 2 nitrogen and oxygen atoms in total. The highest BCUT2D eigenvalue weighted by Crippen LogP contribution is 2.32. The van der Waals surface area contributed by atoms with Gasteiger partial charge in [-0.25, -0.2) is 0 Å². The third kappa shape index (κ3) is 4.19. The van der Waals surface area contributed by atoms with Crippen LogP contribution in [-0.2, 0) is 0 Å². The summed E-state index contributed by atoms with van der Waals surface area (Å²) in [6, 6.07) is 2.36. The van der Waals surface area contributed by atoms with Crippen LogP contribution in [0.3, 0.4) is 0 Å². The minimum absolute atomic E-state index is 0.737. The number of hydrogen-bond acceptors (Lipinski definition) is 2. The van der Waals surface area contributed by atoms with Gasteiger partial charge in [-0.15, -0.1) is 0 Å². The van der Waals surface area contributed by atoms with Crippen molar-refractivity contribution in [1.29, 1.82) is 0 Å². The predicted molar refractivity (Wildman–Crippen MR) is 83.5 cm³/mol. The van der Waals surface area contributed by atoms with Gasteiger partial charge in [0.15, 0.2) is 0 Å². The number of nitrogens with zero attached hydrogens (tertiary/aromatic N) is 1. The molecule has 0 radical (unpaired) electrons. The average Bonchev–Trinajstić information content (AvgIpc) is 2.43. The smallest absolute Gasteiger partial charge is 0.0196 e. The summed E-state index contributed by atoms with van der Waals surface area (Å²) in [5.41, 5.74) is 0. The van der Waals surface area contributed by atoms with E-state index in [-0.39, 0.29) is 0 Å². The highest BCUT2D eigenvalue weighted by molar-refractivity contribution is 4.89. The van der Waals surface area contributed by atoms with Crippen LogP contribution in [0.5, 0.6) is 0 Å². The molecule has 112 valence electrons. The van der Waals surface area contributed by atoms with Gasteiger partial charge in [-0.1, -0.05) is 33.1 Å². The fourth-order valence-electron chi connectivity index (χ4n) is 4.18. The summed E-state index contributed by atoms with van der Waals surface area (Å²) in [4.78, 5) is 2.83. The van der Waals surface area contributed by atoms with Crippen molar-refractivity contribution >= 4 is 0 Å². The van der Waals surface area contributed by atoms with Gasteiger partial charge in [0.1, 0.15) is 0 Å². The lowest BCUT2D eigenvalue weighted by Crippen LogP contribution is -2.58. The van der Waals surface area contributed by atoms with Gasteiger partial charge in [0.25, 0.3) is 0 Å². The van der Waals surface area contributed by atoms with Crippen LogP contribution in [0, 0.1) is 5.92 Å². The summed E-state index contributed by atoms with van der Waals surface area (Å²) < 4.78 is 0. The zero-order valence-corrected chi connectivity index (χ0v) is 13.3. The summed E-state index contributed by atoms with van der Waals surface area (Å²) in [5, 5.41) is 3.73. The Morgan fingerprint density at radius 3 is 2.32 bits per heavy atom. The zero-order valence-electron chi connectivity index (χ0n) is 13.3. The molecule has 0 bridgehead atoms. The third-order valence-electron chi connectivity index (χ3n) is 5.32. The average molecular weight is 266 g/mol. The van der Waals surface area contributed by atoms with Crippen LogP contribution in [0.1, 0.15) is 72.1 Å². The molecule has 0 aromatic carbocycles. The number of rotatable bonds is 5. The molecule has 0 aromatic rings. The van der Waals surface area contributed by atoms with Gasteiger partial charge < -0.3 is 5.32 Å². The molecule has 1 saturated carbocycles. The van der Waals surface area contributed by atoms with Crippen LogP contribution in [0.25, 0.3) is 0 Å². The molecule has 2 heteroatoms. The summed E-state index contributed by atoms with van der Waals surface area (Å²) >= 11 is 0. The SMILES string of the molecule is CCCC1CCC(N2CC(CCC)NCC2C)CC1. The van der Waals surface area contributed by atoms with Crippen molar-refractivity contribution in [2.75, 3.05) is 13.1 Å². The van der Waals surface area contributed by atoms with Crippen molar-refractivity contribution in [3.8, 4) is 0 Å². The summed E-state index contributed by atoms with van der Waals surface area (Å²) in [6.07, 6.45) is 11.3. The quantitative estimate of drug-likeness (QED) is 0.814. The van der Waals surface area contributed by atoms with Crippen LogP contribution in [-0.4, -0.2) is 36.1 Å². The Morgan fingerprint density at radius 1 is 1.00 bits per heavy atom. The van der Waals surface area contributed by atoms with Crippen LogP contribution in [0.15, 0.2) is 0 Å². The third-order valence-corrected chi connectivity index (χ3v) is 5.32. The van der Waals surface area contributed by atoms with Crippen molar-refractivity contribution in [3.05, 3.63) is 0 Å². The molecular formula is C17H34N2. The first-order valence-corrected chi connectivity index (χ1v) is 8.73. The molecule has 1 heterocycles. The van der Waals surface area contributed by atoms with Crippen molar-refractivity contribution in [2.45, 2.75) is 90.3 Å². The molecule has 0 aromatic heterocycles. The fourth-order valence-corrected chi connectivity index (χ4v) is 4.18. The first-order chi connectivity index (χ1) is 9.24. The maximum absolute atomic E-state index is 3.73. The molecule has 1 aliphatic carbocycles. The van der Waals surface area contributed by atoms with Crippen molar-refractivity contribution < 1.29 is 0 Å². The Hall–Kier alpha value is -0.0800. The Kier molecular flexibility index (Phi) is 6.15. The minimum Gasteiger partial charge on any atom is -0.311 e. The highest BCUT2D eigenvalue weighted by Gasteiger charge is 2.32. The van der Waals surface area contributed by atoms with E-state index in [4.69, 9.17) is 0 Å². The lowest BCUT2D eigenvalue weighted by Gasteiger charge is -2.45. The molecule has 1 saturated heterocycles. The van der Waals surface area contributed by atoms with Gasteiger partial charge in [0.2, 0.25) is 0 Å². The van der Waals surface area contributed by atoms with E-state index in [1.54, 1.807) is 0 Å². The Labute approximate surface area is 120 Å². The predicted octanol–water partition coefficient (Wildman–Crippen LogP) is 3.81. The van der Waals surface area contributed by atoms with E-state index in [2.05, 4.69) is 31.0 Å². The molecule has 2 unspecified atom stereocenters. The van der Waals surface area contributed by atoms with Crippen LogP contribution < -0.4 is 5.32 Å². The summed E-state index contributed by atoms with van der Waals surface area (Å²) in [6.45, 7) is 9.53. The molecule has 2 fully saturated rings. The van der Waals surface area contributed by atoms with E-state index in [0.717, 1.165) is 24.0 Å². The molecule has 0 amide bonds. The van der Waals surface area contributed by atoms with Gasteiger partial charge in [-0.2, -0.15) is 0 Å².